The molecule has 1 aliphatic rings. The third-order valence-electron chi connectivity index (χ3n) is 4.91. The van der Waals surface area contributed by atoms with E-state index in [4.69, 9.17) is 12.2 Å². The van der Waals surface area contributed by atoms with Crippen LogP contribution < -0.4 is 4.90 Å². The van der Waals surface area contributed by atoms with Crippen molar-refractivity contribution in [2.45, 2.75) is 39.9 Å². The van der Waals surface area contributed by atoms with Crippen molar-refractivity contribution in [1.82, 2.24) is 19.8 Å². The van der Waals surface area contributed by atoms with Gasteiger partial charge in [0.2, 0.25) is 4.77 Å². The van der Waals surface area contributed by atoms with Crippen LogP contribution in [0.2, 0.25) is 0 Å². The first-order valence-electron chi connectivity index (χ1n) is 8.47. The molecule has 1 fully saturated rings. The molecule has 2 heterocycles. The predicted octanol–water partition coefficient (Wildman–Crippen LogP) is 0.465. The lowest BCUT2D eigenvalue weighted by Crippen LogP contribution is -3.15. The highest BCUT2D eigenvalue weighted by molar-refractivity contribution is 7.91. The molecule has 0 saturated carbocycles. The molecule has 9 heteroatoms. The van der Waals surface area contributed by atoms with Gasteiger partial charge in [-0.15, -0.1) is 0 Å². The van der Waals surface area contributed by atoms with Gasteiger partial charge in [0.05, 0.1) is 18.0 Å². The van der Waals surface area contributed by atoms with Crippen molar-refractivity contribution in [2.24, 2.45) is 0 Å². The number of rotatable bonds is 5. The Balaban J connectivity index is 1.88. The lowest BCUT2D eigenvalue weighted by Gasteiger charge is -2.22. The summed E-state index contributed by atoms with van der Waals surface area (Å²) in [7, 11) is -2.90. The highest BCUT2D eigenvalue weighted by atomic mass is 32.2. The van der Waals surface area contributed by atoms with Gasteiger partial charge < -0.3 is 4.90 Å². The fourth-order valence-corrected chi connectivity index (χ4v) is 5.55. The van der Waals surface area contributed by atoms with Crippen molar-refractivity contribution < 1.29 is 13.3 Å². The summed E-state index contributed by atoms with van der Waals surface area (Å²) in [6, 6.07) is 6.15. The van der Waals surface area contributed by atoms with E-state index in [1.54, 1.807) is 9.36 Å². The van der Waals surface area contributed by atoms with Gasteiger partial charge in [0.15, 0.2) is 16.5 Å². The Labute approximate surface area is 153 Å². The third-order valence-corrected chi connectivity index (χ3v) is 7.06. The van der Waals surface area contributed by atoms with Crippen molar-refractivity contribution in [3.8, 4) is 5.69 Å². The van der Waals surface area contributed by atoms with Gasteiger partial charge in [0, 0.05) is 6.42 Å². The molecule has 7 nitrogen and oxygen atoms in total. The average molecular weight is 383 g/mol. The number of tetrazole rings is 1. The summed E-state index contributed by atoms with van der Waals surface area (Å²) in [5.41, 5.74) is 3.13. The zero-order valence-electron chi connectivity index (χ0n) is 14.8. The maximum Gasteiger partial charge on any atom is 0.225 e. The number of aromatic nitrogens is 4. The molecule has 1 unspecified atom stereocenters. The highest BCUT2D eigenvalue weighted by Crippen LogP contribution is 2.17. The van der Waals surface area contributed by atoms with E-state index in [0.717, 1.165) is 23.4 Å². The minimum absolute atomic E-state index is 0.0993. The van der Waals surface area contributed by atoms with Crippen LogP contribution in [0.3, 0.4) is 0 Å². The van der Waals surface area contributed by atoms with E-state index >= 15 is 0 Å². The number of sulfone groups is 1. The van der Waals surface area contributed by atoms with E-state index in [0.29, 0.717) is 17.9 Å². The maximum atomic E-state index is 11.8. The quantitative estimate of drug-likeness (QED) is 0.761. The molecular weight excluding hydrogens is 358 g/mol. The Morgan fingerprint density at radius 3 is 2.52 bits per heavy atom. The highest BCUT2D eigenvalue weighted by Gasteiger charge is 2.35. The topological polar surface area (TPSA) is 74.2 Å². The van der Waals surface area contributed by atoms with Crippen LogP contribution in [0.15, 0.2) is 18.2 Å². The van der Waals surface area contributed by atoms with Gasteiger partial charge in [0.1, 0.15) is 11.8 Å². The summed E-state index contributed by atoms with van der Waals surface area (Å²) in [6.07, 6.45) is 0.698. The van der Waals surface area contributed by atoms with E-state index in [-0.39, 0.29) is 17.5 Å². The molecule has 0 bridgehead atoms. The molecule has 0 aliphatic carbocycles. The summed E-state index contributed by atoms with van der Waals surface area (Å²) in [5.74, 6) is 0.524. The van der Waals surface area contributed by atoms with Crippen LogP contribution in [0.1, 0.15) is 24.5 Å². The van der Waals surface area contributed by atoms with Gasteiger partial charge in [-0.2, -0.15) is 9.36 Å². The largest absolute Gasteiger partial charge is 0.313 e. The van der Waals surface area contributed by atoms with E-state index in [1.165, 1.54) is 4.90 Å². The standard InChI is InChI=1S/C16H23N5O2S2/c1-4-19(14-8-9-25(22,23)10-14)11-20-16(24)21(18-17-20)15-12(2)6-5-7-13(15)3/h5-7,14H,4,8-11H2,1-3H3/p+1/t14-/m0/s1. The first-order chi connectivity index (χ1) is 11.8. The minimum atomic E-state index is -2.90. The Morgan fingerprint density at radius 2 is 1.96 bits per heavy atom. The van der Waals surface area contributed by atoms with Crippen LogP contribution >= 0.6 is 12.2 Å². The third kappa shape index (κ3) is 3.68. The number of para-hydroxylation sites is 1. The molecule has 0 amide bonds. The van der Waals surface area contributed by atoms with Crippen molar-refractivity contribution in [1.29, 1.82) is 0 Å². The molecule has 3 rings (SSSR count). The lowest BCUT2D eigenvalue weighted by atomic mass is 10.1. The van der Waals surface area contributed by atoms with Crippen LogP contribution in [0, 0.1) is 18.6 Å². The van der Waals surface area contributed by atoms with Crippen LogP contribution in [-0.4, -0.2) is 52.3 Å². The number of hydrogen-bond acceptors (Lipinski definition) is 5. The van der Waals surface area contributed by atoms with Crippen LogP contribution in [0.4, 0.5) is 0 Å². The molecule has 25 heavy (non-hydrogen) atoms. The van der Waals surface area contributed by atoms with Gasteiger partial charge >= 0.3 is 0 Å². The number of nitrogens with zero attached hydrogens (tertiary/aromatic N) is 4. The van der Waals surface area contributed by atoms with Gasteiger partial charge in [-0.3, -0.25) is 0 Å². The summed E-state index contributed by atoms with van der Waals surface area (Å²) in [5, 5.41) is 8.47. The molecule has 1 N–H and O–H groups in total. The number of nitrogens with one attached hydrogen (secondary N) is 1. The second-order valence-electron chi connectivity index (χ2n) is 6.68. The average Bonchev–Trinajstić information content (AvgIpc) is 3.08. The fraction of sp³-hybridized carbons (Fsp3) is 0.562. The molecule has 2 aromatic rings. The number of hydrogen-bond donors (Lipinski definition) is 1. The van der Waals surface area contributed by atoms with E-state index in [2.05, 4.69) is 17.4 Å². The Kier molecular flexibility index (Phi) is 5.08. The number of quaternary nitrogens is 1. The van der Waals surface area contributed by atoms with E-state index in [1.807, 2.05) is 32.0 Å². The normalized spacial score (nSPS) is 20.7. The van der Waals surface area contributed by atoms with Crippen molar-refractivity contribution in [3.63, 3.8) is 0 Å². The summed E-state index contributed by atoms with van der Waals surface area (Å²) in [4.78, 5) is 1.17. The second kappa shape index (κ2) is 6.97. The SMILES string of the molecule is CC[NH+](Cn1nnn(-c2c(C)cccc2C)c1=S)[C@H]1CCS(=O)(=O)C1. The smallest absolute Gasteiger partial charge is 0.225 e. The van der Waals surface area contributed by atoms with Gasteiger partial charge in [-0.1, -0.05) is 18.2 Å². The molecule has 1 saturated heterocycles. The molecular formula is C16H24N5O2S2+. The minimum Gasteiger partial charge on any atom is -0.313 e. The van der Waals surface area contributed by atoms with Gasteiger partial charge in [-0.25, -0.2) is 8.42 Å². The zero-order valence-corrected chi connectivity index (χ0v) is 16.4. The molecule has 136 valence electrons. The Hall–Kier alpha value is -1.58. The molecule has 1 aromatic heterocycles. The molecule has 2 atom stereocenters. The zero-order chi connectivity index (χ0) is 18.2. The fourth-order valence-electron chi connectivity index (χ4n) is 3.49. The summed E-state index contributed by atoms with van der Waals surface area (Å²) >= 11 is 5.58. The van der Waals surface area contributed by atoms with Crippen molar-refractivity contribution in [2.75, 3.05) is 18.1 Å². The monoisotopic (exact) mass is 382 g/mol. The number of aryl methyl sites for hydroxylation is 2. The molecule has 1 aromatic carbocycles. The van der Waals surface area contributed by atoms with Gasteiger partial charge in [-0.05, 0) is 54.5 Å². The number of benzene rings is 1. The first-order valence-corrected chi connectivity index (χ1v) is 10.7. The molecule has 0 spiro atoms. The Morgan fingerprint density at radius 1 is 1.28 bits per heavy atom. The van der Waals surface area contributed by atoms with Crippen LogP contribution in [-0.2, 0) is 16.5 Å². The van der Waals surface area contributed by atoms with Crippen molar-refractivity contribution in [3.05, 3.63) is 34.1 Å². The van der Waals surface area contributed by atoms with Crippen LogP contribution in [0.5, 0.6) is 0 Å². The summed E-state index contributed by atoms with van der Waals surface area (Å²) in [6.45, 7) is 7.45. The lowest BCUT2D eigenvalue weighted by molar-refractivity contribution is -0.943. The van der Waals surface area contributed by atoms with Crippen molar-refractivity contribution >= 4 is 22.1 Å². The predicted molar refractivity (Wildman–Crippen MR) is 98.2 cm³/mol. The van der Waals surface area contributed by atoms with E-state index in [9.17, 15) is 8.42 Å². The summed E-state index contributed by atoms with van der Waals surface area (Å²) < 4.78 is 27.5. The molecule has 0 radical (unpaired) electrons. The second-order valence-corrected chi connectivity index (χ2v) is 9.28. The first kappa shape index (κ1) is 18.2. The van der Waals surface area contributed by atoms with Crippen LogP contribution in [0.25, 0.3) is 5.69 Å². The van der Waals surface area contributed by atoms with Gasteiger partial charge in [0.25, 0.3) is 0 Å². The van der Waals surface area contributed by atoms with E-state index < -0.39 is 9.84 Å². The Bertz CT molecular complexity index is 912. The molecule has 1 aliphatic heterocycles. The maximum absolute atomic E-state index is 11.8.